The molecular weight excluding hydrogens is 380 g/mol. The van der Waals surface area contributed by atoms with Gasteiger partial charge in [-0.2, -0.15) is 0 Å². The van der Waals surface area contributed by atoms with E-state index in [1.165, 1.54) is 65.1 Å². The molecule has 3 heterocycles. The smallest absolute Gasteiger partial charge is 0.135 e. The molecule has 6 rings (SSSR count). The number of nitrogens with zero attached hydrogens (tertiary/aromatic N) is 4. The maximum atomic E-state index is 4.64. The van der Waals surface area contributed by atoms with E-state index in [1.54, 1.807) is 6.33 Å². The molecule has 0 unspecified atom stereocenters. The first-order valence-electron chi connectivity index (χ1n) is 11.7. The second-order valence-electron chi connectivity index (χ2n) is 9.48. The summed E-state index contributed by atoms with van der Waals surface area (Å²) in [5, 5.41) is 0. The van der Waals surface area contributed by atoms with Crippen molar-refractivity contribution in [2.75, 3.05) is 29.4 Å². The van der Waals surface area contributed by atoms with Crippen molar-refractivity contribution in [2.24, 2.45) is 0 Å². The van der Waals surface area contributed by atoms with Crippen LogP contribution in [0.5, 0.6) is 0 Å². The van der Waals surface area contributed by atoms with Gasteiger partial charge in [-0.3, -0.25) is 0 Å². The number of aromatic nitrogens is 2. The van der Waals surface area contributed by atoms with Gasteiger partial charge in [-0.25, -0.2) is 9.97 Å². The van der Waals surface area contributed by atoms with Crippen LogP contribution in [0.3, 0.4) is 0 Å². The van der Waals surface area contributed by atoms with Gasteiger partial charge in [0, 0.05) is 36.3 Å². The fourth-order valence-corrected chi connectivity index (χ4v) is 5.50. The molecular formula is C27H30N4. The monoisotopic (exact) mass is 410 g/mol. The van der Waals surface area contributed by atoms with Crippen LogP contribution in [-0.2, 0) is 18.4 Å². The minimum Gasteiger partial charge on any atom is -0.365 e. The van der Waals surface area contributed by atoms with Crippen LogP contribution in [0.25, 0.3) is 0 Å². The van der Waals surface area contributed by atoms with Crippen molar-refractivity contribution >= 4 is 11.5 Å². The third kappa shape index (κ3) is 3.12. The number of aryl methyl sites for hydroxylation is 1. The summed E-state index contributed by atoms with van der Waals surface area (Å²) in [7, 11) is 0. The van der Waals surface area contributed by atoms with E-state index >= 15 is 0 Å². The lowest BCUT2D eigenvalue weighted by atomic mass is 9.60. The van der Waals surface area contributed by atoms with Gasteiger partial charge in [0.2, 0.25) is 0 Å². The molecule has 0 spiro atoms. The number of fused-ring (bicyclic) bond motifs is 1. The molecule has 31 heavy (non-hydrogen) atoms. The van der Waals surface area contributed by atoms with Crippen LogP contribution in [0.4, 0.5) is 11.5 Å². The molecule has 0 amide bonds. The molecule has 4 heteroatoms. The van der Waals surface area contributed by atoms with Crippen molar-refractivity contribution in [1.29, 1.82) is 0 Å². The number of benzene rings is 2. The largest absolute Gasteiger partial charge is 0.365 e. The summed E-state index contributed by atoms with van der Waals surface area (Å²) in [5.41, 5.74) is 8.34. The highest BCUT2D eigenvalue weighted by atomic mass is 15.2. The lowest BCUT2D eigenvalue weighted by Crippen LogP contribution is -2.40. The van der Waals surface area contributed by atoms with Crippen LogP contribution >= 0.6 is 0 Å². The van der Waals surface area contributed by atoms with Gasteiger partial charge in [-0.15, -0.1) is 0 Å². The molecule has 3 aliphatic rings. The summed E-state index contributed by atoms with van der Waals surface area (Å²) < 4.78 is 0. The van der Waals surface area contributed by atoms with Crippen LogP contribution in [0.1, 0.15) is 53.6 Å². The zero-order chi connectivity index (χ0) is 20.8. The highest BCUT2D eigenvalue weighted by Gasteiger charge is 2.40. The summed E-state index contributed by atoms with van der Waals surface area (Å²) in [6.45, 7) is 6.35. The first-order chi connectivity index (χ1) is 15.2. The Kier molecular flexibility index (Phi) is 4.48. The quantitative estimate of drug-likeness (QED) is 0.604. The van der Waals surface area contributed by atoms with Crippen molar-refractivity contribution in [2.45, 2.75) is 51.0 Å². The van der Waals surface area contributed by atoms with Crippen molar-refractivity contribution < 1.29 is 0 Å². The Morgan fingerprint density at radius 2 is 1.48 bits per heavy atom. The Morgan fingerprint density at radius 1 is 0.774 bits per heavy atom. The predicted molar refractivity (Wildman–Crippen MR) is 126 cm³/mol. The van der Waals surface area contributed by atoms with Gasteiger partial charge in [0.15, 0.2) is 0 Å². The molecule has 0 N–H and O–H groups in total. The van der Waals surface area contributed by atoms with Gasteiger partial charge in [-0.1, -0.05) is 48.4 Å². The Balaban J connectivity index is 1.24. The number of hydrogen-bond acceptors (Lipinski definition) is 4. The number of rotatable bonds is 4. The molecule has 4 nitrogen and oxygen atoms in total. The van der Waals surface area contributed by atoms with Gasteiger partial charge < -0.3 is 9.80 Å². The van der Waals surface area contributed by atoms with Gasteiger partial charge in [0.05, 0.1) is 12.2 Å². The molecule has 1 aliphatic carbocycles. The molecule has 2 fully saturated rings. The molecule has 0 atom stereocenters. The van der Waals surface area contributed by atoms with E-state index in [0.29, 0.717) is 0 Å². The molecule has 2 aromatic carbocycles. The summed E-state index contributed by atoms with van der Waals surface area (Å²) in [4.78, 5) is 14.1. The average Bonchev–Trinajstić information content (AvgIpc) is 2.73. The van der Waals surface area contributed by atoms with Crippen LogP contribution in [-0.4, -0.2) is 29.6 Å². The zero-order valence-corrected chi connectivity index (χ0v) is 18.3. The zero-order valence-electron chi connectivity index (χ0n) is 18.3. The lowest BCUT2D eigenvalue weighted by Gasteiger charge is -2.43. The Labute approximate surface area is 185 Å². The second kappa shape index (κ2) is 7.37. The van der Waals surface area contributed by atoms with E-state index in [0.717, 1.165) is 32.6 Å². The molecule has 2 aliphatic heterocycles. The van der Waals surface area contributed by atoms with E-state index in [-0.39, 0.29) is 5.41 Å². The first kappa shape index (κ1) is 18.9. The highest BCUT2D eigenvalue weighted by Crippen LogP contribution is 2.49. The molecule has 1 saturated carbocycles. The van der Waals surface area contributed by atoms with E-state index in [1.807, 2.05) is 0 Å². The maximum Gasteiger partial charge on any atom is 0.135 e. The topological polar surface area (TPSA) is 32.3 Å². The number of anilines is 2. The minimum absolute atomic E-state index is 0.208. The normalized spacial score (nSPS) is 19.4. The van der Waals surface area contributed by atoms with Gasteiger partial charge >= 0.3 is 0 Å². The van der Waals surface area contributed by atoms with E-state index < -0.39 is 0 Å². The molecule has 158 valence electrons. The van der Waals surface area contributed by atoms with Gasteiger partial charge in [0.1, 0.15) is 12.1 Å². The summed E-state index contributed by atoms with van der Waals surface area (Å²) in [6, 6.07) is 18.6. The molecule has 1 aromatic heterocycles. The molecule has 3 aromatic rings. The number of hydrogen-bond donors (Lipinski definition) is 0. The fourth-order valence-electron chi connectivity index (χ4n) is 5.50. The summed E-state index contributed by atoms with van der Waals surface area (Å²) in [6.07, 6.45) is 7.88. The Hall–Kier alpha value is -2.88. The second-order valence-corrected chi connectivity index (χ2v) is 9.48. The van der Waals surface area contributed by atoms with Gasteiger partial charge in [0.25, 0.3) is 0 Å². The van der Waals surface area contributed by atoms with Crippen molar-refractivity contribution in [3.63, 3.8) is 0 Å². The van der Waals surface area contributed by atoms with Crippen molar-refractivity contribution in [3.8, 4) is 0 Å². The van der Waals surface area contributed by atoms with Crippen molar-refractivity contribution in [1.82, 2.24) is 9.97 Å². The third-order valence-corrected chi connectivity index (χ3v) is 7.74. The van der Waals surface area contributed by atoms with Gasteiger partial charge in [-0.05, 0) is 55.9 Å². The summed E-state index contributed by atoms with van der Waals surface area (Å²) in [5.74, 6) is 1.18. The minimum atomic E-state index is 0.208. The first-order valence-corrected chi connectivity index (χ1v) is 11.7. The lowest BCUT2D eigenvalue weighted by molar-refractivity contribution is 0.301. The SMILES string of the molecule is Cc1ccc(C2(c3ccc(N4CCc5c(ncnc5N5CCC5)C4)cc3)CCC2)cc1. The third-order valence-electron chi connectivity index (χ3n) is 7.74. The van der Waals surface area contributed by atoms with Crippen molar-refractivity contribution in [3.05, 3.63) is 82.8 Å². The molecule has 0 bridgehead atoms. The molecule has 0 radical (unpaired) electrons. The average molecular weight is 411 g/mol. The van der Waals surface area contributed by atoms with E-state index in [9.17, 15) is 0 Å². The standard InChI is InChI=1S/C27H30N4/c1-20-4-6-21(7-5-20)27(13-2-14-27)22-8-10-23(11-9-22)31-17-12-24-25(18-31)28-19-29-26(24)30-15-3-16-30/h4-11,19H,2-3,12-18H2,1H3. The maximum absolute atomic E-state index is 4.64. The fraction of sp³-hybridized carbons (Fsp3) is 0.407. The van der Waals surface area contributed by atoms with Crippen LogP contribution in [0, 0.1) is 6.92 Å². The Bertz CT molecular complexity index is 1080. The van der Waals surface area contributed by atoms with Crippen LogP contribution in [0.15, 0.2) is 54.9 Å². The van der Waals surface area contributed by atoms with E-state index in [2.05, 4.69) is 75.2 Å². The van der Waals surface area contributed by atoms with Crippen LogP contribution in [0.2, 0.25) is 0 Å². The molecule has 1 saturated heterocycles. The highest BCUT2D eigenvalue weighted by molar-refractivity contribution is 5.57. The Morgan fingerprint density at radius 3 is 2.10 bits per heavy atom. The summed E-state index contributed by atoms with van der Waals surface area (Å²) >= 11 is 0. The van der Waals surface area contributed by atoms with Crippen LogP contribution < -0.4 is 9.80 Å². The predicted octanol–water partition coefficient (Wildman–Crippen LogP) is 5.03. The van der Waals surface area contributed by atoms with E-state index in [4.69, 9.17) is 0 Å².